The number of nitrogens with zero attached hydrogens (tertiary/aromatic N) is 1. The Morgan fingerprint density at radius 1 is 0.800 bits per heavy atom. The summed E-state index contributed by atoms with van der Waals surface area (Å²) in [5.41, 5.74) is 0. The molecule has 4 heteroatoms. The van der Waals surface area contributed by atoms with Gasteiger partial charge in [-0.3, -0.25) is 4.90 Å². The molecule has 0 aliphatic heterocycles. The van der Waals surface area contributed by atoms with Crippen molar-refractivity contribution >= 4 is 0 Å². The Hall–Kier alpha value is -0.160. The van der Waals surface area contributed by atoms with E-state index in [1.807, 2.05) is 21.1 Å². The SMILES string of the molecule is CNCN(CNC)CNC. The van der Waals surface area contributed by atoms with Crippen LogP contribution in [-0.2, 0) is 0 Å². The largest absolute Gasteiger partial charge is 0.307 e. The van der Waals surface area contributed by atoms with E-state index in [4.69, 9.17) is 0 Å². The fourth-order valence-corrected chi connectivity index (χ4v) is 0.839. The maximum absolute atomic E-state index is 3.08. The molecule has 0 heterocycles. The highest BCUT2D eigenvalue weighted by atomic mass is 15.3. The van der Waals surface area contributed by atoms with Crippen LogP contribution in [0.15, 0.2) is 0 Å². The minimum atomic E-state index is 0.904. The molecule has 62 valence electrons. The molecule has 0 rings (SSSR count). The first-order valence-corrected chi connectivity index (χ1v) is 3.51. The van der Waals surface area contributed by atoms with Crippen molar-refractivity contribution in [1.82, 2.24) is 20.9 Å². The second-order valence-electron chi connectivity index (χ2n) is 2.21. The van der Waals surface area contributed by atoms with Gasteiger partial charge >= 0.3 is 0 Å². The molecule has 0 amide bonds. The lowest BCUT2D eigenvalue weighted by Gasteiger charge is -2.20. The van der Waals surface area contributed by atoms with E-state index in [2.05, 4.69) is 20.9 Å². The fourth-order valence-electron chi connectivity index (χ4n) is 0.839. The molecule has 3 N–H and O–H groups in total. The van der Waals surface area contributed by atoms with E-state index in [9.17, 15) is 0 Å². The maximum Gasteiger partial charge on any atom is 0.0502 e. The van der Waals surface area contributed by atoms with Gasteiger partial charge in [-0.2, -0.15) is 0 Å². The van der Waals surface area contributed by atoms with Crippen LogP contribution in [0.5, 0.6) is 0 Å². The third kappa shape index (κ3) is 4.69. The van der Waals surface area contributed by atoms with Crippen molar-refractivity contribution in [3.8, 4) is 0 Å². The number of hydrogen-bond acceptors (Lipinski definition) is 4. The number of rotatable bonds is 6. The van der Waals surface area contributed by atoms with Crippen molar-refractivity contribution in [1.29, 1.82) is 0 Å². The van der Waals surface area contributed by atoms with Crippen LogP contribution in [0.3, 0.4) is 0 Å². The zero-order chi connectivity index (χ0) is 7.82. The molecule has 10 heavy (non-hydrogen) atoms. The predicted molar refractivity (Wildman–Crippen MR) is 43.6 cm³/mol. The monoisotopic (exact) mass is 146 g/mol. The van der Waals surface area contributed by atoms with Gasteiger partial charge in [0, 0.05) is 0 Å². The van der Waals surface area contributed by atoms with Crippen LogP contribution in [0.1, 0.15) is 0 Å². The van der Waals surface area contributed by atoms with Crippen molar-refractivity contribution in [3.05, 3.63) is 0 Å². The highest BCUT2D eigenvalue weighted by Gasteiger charge is 1.97. The molecule has 0 radical (unpaired) electrons. The van der Waals surface area contributed by atoms with E-state index in [-0.39, 0.29) is 0 Å². The first-order chi connectivity index (χ1) is 4.85. The Kier molecular flexibility index (Phi) is 6.84. The van der Waals surface area contributed by atoms with Gasteiger partial charge in [0.25, 0.3) is 0 Å². The molecule has 0 aromatic carbocycles. The lowest BCUT2D eigenvalue weighted by Crippen LogP contribution is -2.42. The van der Waals surface area contributed by atoms with Crippen LogP contribution in [0.2, 0.25) is 0 Å². The minimum absolute atomic E-state index is 0.904. The standard InChI is InChI=1S/C6H18N4/c1-7-4-10(5-8-2)6-9-3/h7-9H,4-6H2,1-3H3. The molecule has 4 nitrogen and oxygen atoms in total. The fraction of sp³-hybridized carbons (Fsp3) is 1.00. The second kappa shape index (κ2) is 6.95. The second-order valence-corrected chi connectivity index (χ2v) is 2.21. The van der Waals surface area contributed by atoms with E-state index < -0.39 is 0 Å². The molecular weight excluding hydrogens is 128 g/mol. The highest BCUT2D eigenvalue weighted by Crippen LogP contribution is 1.76. The summed E-state index contributed by atoms with van der Waals surface area (Å²) in [5, 5.41) is 9.25. The van der Waals surface area contributed by atoms with Gasteiger partial charge in [0.05, 0.1) is 20.0 Å². The highest BCUT2D eigenvalue weighted by molar-refractivity contribution is 4.48. The van der Waals surface area contributed by atoms with Crippen LogP contribution in [0.4, 0.5) is 0 Å². The Labute approximate surface area is 63.0 Å². The quantitative estimate of drug-likeness (QED) is 0.412. The molecule has 0 atom stereocenters. The number of hydrogen-bond donors (Lipinski definition) is 3. The topological polar surface area (TPSA) is 39.3 Å². The summed E-state index contributed by atoms with van der Waals surface area (Å²) in [5.74, 6) is 0. The van der Waals surface area contributed by atoms with Crippen molar-refractivity contribution < 1.29 is 0 Å². The van der Waals surface area contributed by atoms with Gasteiger partial charge in [0.15, 0.2) is 0 Å². The molecule has 0 aliphatic carbocycles. The molecule has 0 saturated carbocycles. The zero-order valence-corrected chi connectivity index (χ0v) is 7.07. The summed E-state index contributed by atoms with van der Waals surface area (Å²) < 4.78 is 0. The number of nitrogens with one attached hydrogen (secondary N) is 3. The van der Waals surface area contributed by atoms with Gasteiger partial charge in [-0.05, 0) is 21.1 Å². The van der Waals surface area contributed by atoms with Crippen molar-refractivity contribution in [2.45, 2.75) is 0 Å². The molecule has 0 saturated heterocycles. The molecule has 0 spiro atoms. The zero-order valence-electron chi connectivity index (χ0n) is 7.07. The Bertz CT molecular complexity index is 52.5. The minimum Gasteiger partial charge on any atom is -0.307 e. The summed E-state index contributed by atoms with van der Waals surface area (Å²) in [7, 11) is 5.83. The van der Waals surface area contributed by atoms with Gasteiger partial charge in [-0.25, -0.2) is 0 Å². The Morgan fingerprint density at radius 2 is 1.10 bits per heavy atom. The normalized spacial score (nSPS) is 10.8. The van der Waals surface area contributed by atoms with Gasteiger partial charge < -0.3 is 16.0 Å². The van der Waals surface area contributed by atoms with Gasteiger partial charge in [-0.1, -0.05) is 0 Å². The predicted octanol–water partition coefficient (Wildman–Crippen LogP) is -1.18. The van der Waals surface area contributed by atoms with Gasteiger partial charge in [0.1, 0.15) is 0 Å². The summed E-state index contributed by atoms with van der Waals surface area (Å²) in [6.45, 7) is 2.71. The summed E-state index contributed by atoms with van der Waals surface area (Å²) in [6, 6.07) is 0. The van der Waals surface area contributed by atoms with Crippen LogP contribution in [0.25, 0.3) is 0 Å². The Morgan fingerprint density at radius 3 is 1.30 bits per heavy atom. The van der Waals surface area contributed by atoms with E-state index in [1.54, 1.807) is 0 Å². The molecule has 0 aromatic heterocycles. The van der Waals surface area contributed by atoms with Crippen molar-refractivity contribution in [2.75, 3.05) is 41.1 Å². The summed E-state index contributed by atoms with van der Waals surface area (Å²) in [4.78, 5) is 2.21. The molecule has 0 aliphatic rings. The molecule has 0 fully saturated rings. The maximum atomic E-state index is 3.08. The van der Waals surface area contributed by atoms with Gasteiger partial charge in [-0.15, -0.1) is 0 Å². The summed E-state index contributed by atoms with van der Waals surface area (Å²) in [6.07, 6.45) is 0. The van der Waals surface area contributed by atoms with Crippen LogP contribution in [-0.4, -0.2) is 46.0 Å². The Balaban J connectivity index is 3.30. The van der Waals surface area contributed by atoms with Crippen molar-refractivity contribution in [2.24, 2.45) is 0 Å². The molecular formula is C6H18N4. The van der Waals surface area contributed by atoms with E-state index in [0.29, 0.717) is 0 Å². The average Bonchev–Trinajstić information content (AvgIpc) is 1.90. The summed E-state index contributed by atoms with van der Waals surface area (Å²) >= 11 is 0. The van der Waals surface area contributed by atoms with Crippen molar-refractivity contribution in [3.63, 3.8) is 0 Å². The van der Waals surface area contributed by atoms with E-state index in [1.165, 1.54) is 0 Å². The van der Waals surface area contributed by atoms with Gasteiger partial charge in [0.2, 0.25) is 0 Å². The van der Waals surface area contributed by atoms with Crippen LogP contribution in [0, 0.1) is 0 Å². The smallest absolute Gasteiger partial charge is 0.0502 e. The van der Waals surface area contributed by atoms with E-state index in [0.717, 1.165) is 20.0 Å². The van der Waals surface area contributed by atoms with E-state index >= 15 is 0 Å². The lowest BCUT2D eigenvalue weighted by molar-refractivity contribution is 0.236. The first kappa shape index (κ1) is 9.84. The first-order valence-electron chi connectivity index (χ1n) is 3.51. The molecule has 0 bridgehead atoms. The molecule has 0 aromatic rings. The van der Waals surface area contributed by atoms with Crippen LogP contribution >= 0.6 is 0 Å². The third-order valence-corrected chi connectivity index (χ3v) is 1.15. The molecule has 0 unspecified atom stereocenters. The average molecular weight is 146 g/mol. The third-order valence-electron chi connectivity index (χ3n) is 1.15. The van der Waals surface area contributed by atoms with Crippen LogP contribution < -0.4 is 16.0 Å². The lowest BCUT2D eigenvalue weighted by atomic mass is 10.7.